The molecule has 8 nitrogen and oxygen atoms in total. The number of fused-ring (bicyclic) bond motifs is 2. The number of halogens is 2. The summed E-state index contributed by atoms with van der Waals surface area (Å²) in [7, 11) is 6.53. The Kier molecular flexibility index (Phi) is 7.64. The molecule has 0 spiro atoms. The maximum Gasteiger partial charge on any atom is 0.146 e. The van der Waals surface area contributed by atoms with Crippen LogP contribution in [-0.4, -0.2) is 48.4 Å². The van der Waals surface area contributed by atoms with Crippen molar-refractivity contribution in [1.29, 1.82) is 0 Å². The van der Waals surface area contributed by atoms with E-state index in [-0.39, 0.29) is 24.8 Å². The number of imidazole rings is 2. The van der Waals surface area contributed by atoms with Gasteiger partial charge in [-0.15, -0.1) is 12.4 Å². The van der Waals surface area contributed by atoms with Gasteiger partial charge in [-0.25, -0.2) is 9.97 Å². The lowest BCUT2D eigenvalue weighted by molar-refractivity contribution is -0.00000725. The summed E-state index contributed by atoms with van der Waals surface area (Å²) < 4.78 is 21.7. The van der Waals surface area contributed by atoms with E-state index in [0.717, 1.165) is 45.2 Å². The average molecular weight is 454 g/mol. The van der Waals surface area contributed by atoms with Gasteiger partial charge < -0.3 is 41.3 Å². The van der Waals surface area contributed by atoms with Crippen molar-refractivity contribution < 1.29 is 31.4 Å². The van der Waals surface area contributed by atoms with Crippen LogP contribution in [0.15, 0.2) is 24.3 Å². The van der Waals surface area contributed by atoms with Gasteiger partial charge in [-0.1, -0.05) is 0 Å². The van der Waals surface area contributed by atoms with Crippen LogP contribution in [0.1, 0.15) is 11.6 Å². The second kappa shape index (κ2) is 9.77. The van der Waals surface area contributed by atoms with Crippen LogP contribution in [0.5, 0.6) is 23.0 Å². The third-order valence-corrected chi connectivity index (χ3v) is 4.72. The Morgan fingerprint density at radius 2 is 0.967 bits per heavy atom. The molecule has 2 heterocycles. The summed E-state index contributed by atoms with van der Waals surface area (Å²) in [6.45, 7) is 0. The molecule has 10 heteroatoms. The minimum Gasteiger partial charge on any atom is -1.00 e. The van der Waals surface area contributed by atoms with Crippen molar-refractivity contribution in [3.63, 3.8) is 0 Å². The number of hydrogen-bond acceptors (Lipinski definition) is 6. The van der Waals surface area contributed by atoms with Crippen molar-refractivity contribution in [2.45, 2.75) is 12.8 Å². The first-order valence-corrected chi connectivity index (χ1v) is 8.87. The van der Waals surface area contributed by atoms with Crippen molar-refractivity contribution in [2.75, 3.05) is 28.4 Å². The molecular weight excluding hydrogens is 431 g/mol. The van der Waals surface area contributed by atoms with Crippen LogP contribution in [0.2, 0.25) is 0 Å². The highest BCUT2D eigenvalue weighted by Crippen LogP contribution is 2.33. The molecule has 2 N–H and O–H groups in total. The molecule has 162 valence electrons. The zero-order chi connectivity index (χ0) is 19.7. The van der Waals surface area contributed by atoms with Gasteiger partial charge in [0.2, 0.25) is 0 Å². The molecule has 0 aliphatic carbocycles. The molecule has 4 aromatic rings. The van der Waals surface area contributed by atoms with Crippen LogP contribution in [0, 0.1) is 0 Å². The number of hydrogen-bond donors (Lipinski definition) is 2. The first-order valence-electron chi connectivity index (χ1n) is 8.87. The molecule has 0 aliphatic rings. The molecule has 0 amide bonds. The quantitative estimate of drug-likeness (QED) is 0.427. The number of aromatic amines is 2. The maximum atomic E-state index is 5.42. The first-order chi connectivity index (χ1) is 13.7. The van der Waals surface area contributed by atoms with E-state index < -0.39 is 0 Å². The molecule has 2 aromatic heterocycles. The maximum absolute atomic E-state index is 5.42. The summed E-state index contributed by atoms with van der Waals surface area (Å²) in [6.07, 6.45) is 1.34. The van der Waals surface area contributed by atoms with E-state index in [2.05, 4.69) is 19.9 Å². The molecule has 0 unspecified atom stereocenters. The van der Waals surface area contributed by atoms with Crippen LogP contribution in [0.25, 0.3) is 22.1 Å². The van der Waals surface area contributed by atoms with E-state index >= 15 is 0 Å². The number of aromatic nitrogens is 4. The Morgan fingerprint density at radius 1 is 0.633 bits per heavy atom. The van der Waals surface area contributed by atoms with Crippen LogP contribution in [0.4, 0.5) is 0 Å². The van der Waals surface area contributed by atoms with Gasteiger partial charge in [0.05, 0.1) is 28.4 Å². The summed E-state index contributed by atoms with van der Waals surface area (Å²) in [6, 6.07) is 7.43. The highest BCUT2D eigenvalue weighted by Gasteiger charge is 2.15. The van der Waals surface area contributed by atoms with Crippen LogP contribution in [0.3, 0.4) is 0 Å². The molecule has 2 aromatic carbocycles. The fourth-order valence-corrected chi connectivity index (χ4v) is 3.33. The molecular formula is C20H23Cl2N4O4-. The minimum atomic E-state index is 0. The summed E-state index contributed by atoms with van der Waals surface area (Å²) in [5.74, 6) is 4.53. The van der Waals surface area contributed by atoms with Gasteiger partial charge in [0.15, 0.2) is 0 Å². The molecule has 0 bridgehead atoms. The number of methoxy groups -OCH3 is 4. The molecule has 4 rings (SSSR count). The van der Waals surface area contributed by atoms with E-state index in [4.69, 9.17) is 18.9 Å². The Morgan fingerprint density at radius 3 is 1.30 bits per heavy atom. The van der Waals surface area contributed by atoms with Gasteiger partial charge in [-0.2, -0.15) is 0 Å². The first kappa shape index (κ1) is 23.4. The highest BCUT2D eigenvalue weighted by molar-refractivity contribution is 5.88. The third kappa shape index (κ3) is 4.06. The second-order valence-corrected chi connectivity index (χ2v) is 6.25. The number of nitrogens with zero attached hydrogens (tertiary/aromatic N) is 2. The zero-order valence-electron chi connectivity index (χ0n) is 17.0. The predicted molar refractivity (Wildman–Crippen MR) is 113 cm³/mol. The van der Waals surface area contributed by atoms with Crippen LogP contribution >= 0.6 is 12.4 Å². The van der Waals surface area contributed by atoms with Gasteiger partial charge in [0.1, 0.15) is 56.7 Å². The summed E-state index contributed by atoms with van der Waals surface area (Å²) in [4.78, 5) is 16.0. The van der Waals surface area contributed by atoms with Gasteiger partial charge in [0, 0.05) is 12.8 Å². The van der Waals surface area contributed by atoms with E-state index in [0.29, 0.717) is 24.3 Å². The van der Waals surface area contributed by atoms with Crippen LogP contribution in [-0.2, 0) is 12.8 Å². The molecule has 30 heavy (non-hydrogen) atoms. The van der Waals surface area contributed by atoms with Gasteiger partial charge >= 0.3 is 0 Å². The smallest absolute Gasteiger partial charge is 0.146 e. The molecule has 0 saturated heterocycles. The van der Waals surface area contributed by atoms with Crippen molar-refractivity contribution in [1.82, 2.24) is 19.9 Å². The van der Waals surface area contributed by atoms with Crippen LogP contribution < -0.4 is 31.4 Å². The Bertz CT molecular complexity index is 971. The van der Waals surface area contributed by atoms with E-state index in [1.807, 2.05) is 24.3 Å². The Hall–Kier alpha value is -2.84. The molecule has 0 fully saturated rings. The van der Waals surface area contributed by atoms with Gasteiger partial charge in [-0.05, 0) is 24.3 Å². The Labute approximate surface area is 186 Å². The van der Waals surface area contributed by atoms with E-state index in [9.17, 15) is 0 Å². The third-order valence-electron chi connectivity index (χ3n) is 4.72. The van der Waals surface area contributed by atoms with E-state index in [1.165, 1.54) is 0 Å². The SMILES string of the molecule is COc1ccc(OC)c2[nH]c(CCc3nc4c(OC)ccc(OC)c4[nH]3)nc12.Cl.[Cl-]. The van der Waals surface area contributed by atoms with E-state index in [1.54, 1.807) is 28.4 Å². The number of ether oxygens (including phenoxy) is 4. The normalized spacial score (nSPS) is 10.4. The fraction of sp³-hybridized carbons (Fsp3) is 0.300. The summed E-state index contributed by atoms with van der Waals surface area (Å²) >= 11 is 0. The predicted octanol–water partition coefficient (Wildman–Crippen LogP) is 0.685. The molecule has 0 saturated carbocycles. The van der Waals surface area contributed by atoms with Gasteiger partial charge in [0.25, 0.3) is 0 Å². The fourth-order valence-electron chi connectivity index (χ4n) is 3.33. The second-order valence-electron chi connectivity index (χ2n) is 6.25. The lowest BCUT2D eigenvalue weighted by Crippen LogP contribution is -3.00. The topological polar surface area (TPSA) is 94.3 Å². The largest absolute Gasteiger partial charge is 1.00 e. The van der Waals surface area contributed by atoms with Crippen molar-refractivity contribution in [2.24, 2.45) is 0 Å². The number of H-pyrrole nitrogens is 2. The lowest BCUT2D eigenvalue weighted by atomic mass is 10.2. The minimum absolute atomic E-state index is 0. The zero-order valence-corrected chi connectivity index (χ0v) is 18.6. The lowest BCUT2D eigenvalue weighted by Gasteiger charge is -2.04. The molecule has 0 radical (unpaired) electrons. The molecule has 0 aliphatic heterocycles. The Balaban J connectivity index is 0.00000160. The van der Waals surface area contributed by atoms with Crippen molar-refractivity contribution >= 4 is 34.5 Å². The number of aryl methyl sites for hydroxylation is 2. The molecule has 0 atom stereocenters. The van der Waals surface area contributed by atoms with Crippen molar-refractivity contribution in [3.8, 4) is 23.0 Å². The van der Waals surface area contributed by atoms with Crippen molar-refractivity contribution in [3.05, 3.63) is 35.9 Å². The average Bonchev–Trinajstić information content (AvgIpc) is 3.35. The standard InChI is InChI=1S/C20H22N4O4.2ClH/c1-25-11-5-6-12(26-2)18-17(11)21-15(22-18)9-10-16-23-19-13(27-3)7-8-14(28-4)20(19)24-16;;/h5-8H,9-10H2,1-4H3,(H,21,22)(H,23,24);2*1H/p-1. The number of benzene rings is 2. The highest BCUT2D eigenvalue weighted by atomic mass is 35.5. The number of nitrogens with one attached hydrogen (secondary N) is 2. The summed E-state index contributed by atoms with van der Waals surface area (Å²) in [5, 5.41) is 0. The number of rotatable bonds is 7. The summed E-state index contributed by atoms with van der Waals surface area (Å²) in [5.41, 5.74) is 3.16. The monoisotopic (exact) mass is 453 g/mol. The van der Waals surface area contributed by atoms with Gasteiger partial charge in [-0.3, -0.25) is 0 Å².